The van der Waals surface area contributed by atoms with E-state index in [1.54, 1.807) is 13.2 Å². The number of fused-ring (bicyclic) bond motifs is 1. The standard InChI is InChI=1S/C24H24F3N5OS.C2HF3O2/c1-24(26,27)20-6-3-14(10-29-20)7-18(28)12-31-23-32-19(13-33-2)22(34-23)15-4-5-16-11-30-21(25)9-17(16)8-15;3-2(4,5)1(6)7/h3-6,8-11,18H,7,12-13,28H2,1-2H3,(H,31,32);(H,6,7)/t18-;/m0./s1. The van der Waals surface area contributed by atoms with Crippen molar-refractivity contribution in [1.82, 2.24) is 15.0 Å². The summed E-state index contributed by atoms with van der Waals surface area (Å²) in [7, 11) is 1.60. The number of carboxylic acids is 1. The molecule has 0 saturated carbocycles. The summed E-state index contributed by atoms with van der Waals surface area (Å²) < 4.78 is 77.3. The van der Waals surface area contributed by atoms with Gasteiger partial charge in [-0.2, -0.15) is 26.3 Å². The average Bonchev–Trinajstić information content (AvgIpc) is 3.29. The Hall–Kier alpha value is -3.82. The van der Waals surface area contributed by atoms with Gasteiger partial charge in [0.1, 0.15) is 5.69 Å². The summed E-state index contributed by atoms with van der Waals surface area (Å²) in [5, 5.41) is 12.6. The molecule has 1 aromatic carbocycles. The van der Waals surface area contributed by atoms with Crippen LogP contribution >= 0.6 is 11.3 Å². The number of methoxy groups -OCH3 is 1. The molecule has 0 bridgehead atoms. The predicted molar refractivity (Wildman–Crippen MR) is 141 cm³/mol. The first kappa shape index (κ1) is 31.7. The minimum atomic E-state index is -5.08. The summed E-state index contributed by atoms with van der Waals surface area (Å²) >= 11 is 1.46. The van der Waals surface area contributed by atoms with Crippen LogP contribution in [0.3, 0.4) is 0 Å². The van der Waals surface area contributed by atoms with E-state index in [0.29, 0.717) is 24.7 Å². The molecule has 0 spiro atoms. The fourth-order valence-electron chi connectivity index (χ4n) is 3.54. The lowest BCUT2D eigenvalue weighted by Crippen LogP contribution is -2.31. The number of nitrogens with zero attached hydrogens (tertiary/aromatic N) is 3. The maximum atomic E-state index is 13.6. The molecule has 0 aliphatic carbocycles. The van der Waals surface area contributed by atoms with E-state index in [2.05, 4.69) is 20.3 Å². The minimum absolute atomic E-state index is 0.267. The number of thiazole rings is 1. The van der Waals surface area contributed by atoms with Crippen molar-refractivity contribution in [2.75, 3.05) is 19.0 Å². The Morgan fingerprint density at radius 2 is 1.80 bits per heavy atom. The van der Waals surface area contributed by atoms with Gasteiger partial charge in [0.05, 0.1) is 17.2 Å². The fourth-order valence-corrected chi connectivity index (χ4v) is 4.51. The molecular formula is C26H25F6N5O3S. The molecule has 4 N–H and O–H groups in total. The molecular weight excluding hydrogens is 576 g/mol. The number of aromatic nitrogens is 3. The van der Waals surface area contributed by atoms with Crippen LogP contribution in [0.15, 0.2) is 48.8 Å². The fraction of sp³-hybridized carbons (Fsp3) is 0.308. The first-order valence-corrected chi connectivity index (χ1v) is 12.7. The third kappa shape index (κ3) is 9.09. The van der Waals surface area contributed by atoms with Crippen LogP contribution in [0.4, 0.5) is 31.5 Å². The highest BCUT2D eigenvalue weighted by molar-refractivity contribution is 7.19. The number of benzene rings is 1. The van der Waals surface area contributed by atoms with E-state index in [0.717, 1.165) is 39.4 Å². The van der Waals surface area contributed by atoms with E-state index in [9.17, 15) is 26.3 Å². The highest BCUT2D eigenvalue weighted by atomic mass is 32.1. The van der Waals surface area contributed by atoms with Gasteiger partial charge >= 0.3 is 12.1 Å². The topological polar surface area (TPSA) is 123 Å². The van der Waals surface area contributed by atoms with Crippen LogP contribution in [0.5, 0.6) is 0 Å². The lowest BCUT2D eigenvalue weighted by molar-refractivity contribution is -0.192. The van der Waals surface area contributed by atoms with Gasteiger partial charge in [-0.25, -0.2) is 14.8 Å². The number of ether oxygens (including phenoxy) is 1. The Balaban J connectivity index is 0.000000587. The SMILES string of the molecule is COCc1nc(NC[C@@H](N)Cc2ccc(C(C)(F)F)nc2)sc1-c1ccc2cnc(F)cc2c1.O=C(O)C(F)(F)F. The number of hydrogen-bond donors (Lipinski definition) is 3. The number of aliphatic carboxylic acids is 1. The van der Waals surface area contributed by atoms with Gasteiger partial charge < -0.3 is 20.9 Å². The second kappa shape index (κ2) is 13.2. The maximum Gasteiger partial charge on any atom is 0.490 e. The summed E-state index contributed by atoms with van der Waals surface area (Å²) in [6, 6.07) is 9.81. The summed E-state index contributed by atoms with van der Waals surface area (Å²) in [6.45, 7) is 1.57. The molecule has 15 heteroatoms. The number of rotatable bonds is 9. The molecule has 0 unspecified atom stereocenters. The smallest absolute Gasteiger partial charge is 0.475 e. The van der Waals surface area contributed by atoms with Crippen LogP contribution in [-0.2, 0) is 28.5 Å². The van der Waals surface area contributed by atoms with Crippen LogP contribution < -0.4 is 11.1 Å². The van der Waals surface area contributed by atoms with Crippen molar-refractivity contribution < 1.29 is 41.0 Å². The van der Waals surface area contributed by atoms with E-state index in [1.165, 1.54) is 35.9 Å². The van der Waals surface area contributed by atoms with E-state index in [1.807, 2.05) is 18.2 Å². The number of halogens is 6. The van der Waals surface area contributed by atoms with Gasteiger partial charge in [-0.05, 0) is 35.1 Å². The zero-order valence-corrected chi connectivity index (χ0v) is 22.5. The third-order valence-corrected chi connectivity index (χ3v) is 6.56. The molecule has 3 heterocycles. The van der Waals surface area contributed by atoms with E-state index < -0.39 is 24.0 Å². The first-order chi connectivity index (χ1) is 19.2. The van der Waals surface area contributed by atoms with E-state index in [-0.39, 0.29) is 11.7 Å². The summed E-state index contributed by atoms with van der Waals surface area (Å²) in [6.07, 6.45) is -1.67. The first-order valence-electron chi connectivity index (χ1n) is 11.8. The summed E-state index contributed by atoms with van der Waals surface area (Å²) in [5.74, 6) is -6.26. The lowest BCUT2D eigenvalue weighted by Gasteiger charge is -2.13. The Morgan fingerprint density at radius 1 is 1.10 bits per heavy atom. The molecule has 0 aliphatic heterocycles. The van der Waals surface area contributed by atoms with Crippen LogP contribution in [-0.4, -0.2) is 51.9 Å². The van der Waals surface area contributed by atoms with Gasteiger partial charge in [0, 0.05) is 50.5 Å². The Labute approximate surface area is 234 Å². The second-order valence-corrected chi connectivity index (χ2v) is 9.88. The highest BCUT2D eigenvalue weighted by Crippen LogP contribution is 2.35. The van der Waals surface area contributed by atoms with E-state index >= 15 is 0 Å². The molecule has 0 amide bonds. The molecule has 41 heavy (non-hydrogen) atoms. The van der Waals surface area contributed by atoms with Gasteiger partial charge in [0.25, 0.3) is 5.92 Å². The molecule has 0 radical (unpaired) electrons. The van der Waals surface area contributed by atoms with E-state index in [4.69, 9.17) is 20.4 Å². The quantitative estimate of drug-likeness (QED) is 0.163. The van der Waals surface area contributed by atoms with Crippen LogP contribution in [0.1, 0.15) is 23.9 Å². The molecule has 0 fully saturated rings. The van der Waals surface area contributed by atoms with Gasteiger partial charge in [-0.15, -0.1) is 0 Å². The lowest BCUT2D eigenvalue weighted by atomic mass is 10.1. The zero-order valence-electron chi connectivity index (χ0n) is 21.7. The van der Waals surface area contributed by atoms with Crippen molar-refractivity contribution >= 4 is 33.2 Å². The van der Waals surface area contributed by atoms with Gasteiger partial charge in [0.15, 0.2) is 5.13 Å². The van der Waals surface area contributed by atoms with Crippen molar-refractivity contribution in [3.05, 3.63) is 71.7 Å². The largest absolute Gasteiger partial charge is 0.490 e. The highest BCUT2D eigenvalue weighted by Gasteiger charge is 2.38. The molecule has 0 aliphatic rings. The van der Waals surface area contributed by atoms with Crippen LogP contribution in [0.2, 0.25) is 0 Å². The minimum Gasteiger partial charge on any atom is -0.475 e. The van der Waals surface area contributed by atoms with Gasteiger partial charge in [-0.3, -0.25) is 4.98 Å². The zero-order chi connectivity index (χ0) is 30.4. The Kier molecular flexibility index (Phi) is 10.2. The molecule has 220 valence electrons. The predicted octanol–water partition coefficient (Wildman–Crippen LogP) is 5.77. The Morgan fingerprint density at radius 3 is 2.39 bits per heavy atom. The number of carboxylic acid groups (broad SMARTS) is 1. The van der Waals surface area contributed by atoms with Crippen molar-refractivity contribution in [3.63, 3.8) is 0 Å². The van der Waals surface area contributed by atoms with Gasteiger partial charge in [0.2, 0.25) is 5.95 Å². The number of anilines is 1. The number of carbonyl (C=O) groups is 1. The molecule has 1 atom stereocenters. The maximum absolute atomic E-state index is 13.6. The number of pyridine rings is 2. The van der Waals surface area contributed by atoms with Crippen molar-refractivity contribution in [3.8, 4) is 10.4 Å². The molecule has 4 rings (SSSR count). The molecule has 4 aromatic rings. The number of nitrogens with two attached hydrogens (primary N) is 1. The Bertz CT molecular complexity index is 1480. The summed E-state index contributed by atoms with van der Waals surface area (Å²) in [5.41, 5.74) is 8.42. The van der Waals surface area contributed by atoms with Crippen LogP contribution in [0, 0.1) is 5.95 Å². The molecule has 3 aromatic heterocycles. The van der Waals surface area contributed by atoms with Crippen molar-refractivity contribution in [2.24, 2.45) is 5.73 Å². The normalized spacial score (nSPS) is 12.5. The third-order valence-electron chi connectivity index (χ3n) is 5.46. The molecule has 8 nitrogen and oxygen atoms in total. The number of alkyl halides is 5. The summed E-state index contributed by atoms with van der Waals surface area (Å²) in [4.78, 5) is 22.0. The second-order valence-electron chi connectivity index (χ2n) is 8.88. The average molecular weight is 602 g/mol. The number of nitrogens with one attached hydrogen (secondary N) is 1. The van der Waals surface area contributed by atoms with Crippen molar-refractivity contribution in [2.45, 2.75) is 38.1 Å². The van der Waals surface area contributed by atoms with Gasteiger partial charge in [-0.1, -0.05) is 29.5 Å². The monoisotopic (exact) mass is 601 g/mol. The molecule has 0 saturated heterocycles. The van der Waals surface area contributed by atoms with Crippen molar-refractivity contribution in [1.29, 1.82) is 0 Å². The van der Waals surface area contributed by atoms with Crippen LogP contribution in [0.25, 0.3) is 21.2 Å². The number of hydrogen-bond acceptors (Lipinski definition) is 8.